The van der Waals surface area contributed by atoms with E-state index in [0.29, 0.717) is 52.6 Å². The molecule has 5 rings (SSSR count). The number of methoxy groups -OCH3 is 2. The molecule has 1 fully saturated rings. The summed E-state index contributed by atoms with van der Waals surface area (Å²) in [5.41, 5.74) is 2.75. The lowest BCUT2D eigenvalue weighted by Crippen LogP contribution is -2.46. The molecular weight excluding hydrogens is 552 g/mol. The Morgan fingerprint density at radius 2 is 1.86 bits per heavy atom. The molecule has 0 aliphatic carbocycles. The van der Waals surface area contributed by atoms with E-state index in [1.54, 1.807) is 42.5 Å². The fourth-order valence-electron chi connectivity index (χ4n) is 5.14. The highest BCUT2D eigenvalue weighted by Gasteiger charge is 2.36. The third-order valence-electron chi connectivity index (χ3n) is 7.21. The molecule has 4 aromatic rings. The summed E-state index contributed by atoms with van der Waals surface area (Å²) in [6.07, 6.45) is 1.65. The van der Waals surface area contributed by atoms with Crippen LogP contribution in [0.1, 0.15) is 31.4 Å². The standard InChI is InChI=1S/C31H34N6O6/c1-20(38)33-21-10-12-22(13-11-21)37(29(39)19-36-27-9-5-4-8-26(27)34-35-36)30(31(40)32-18-24-7-6-16-43-24)25-15-14-23(41-2)17-28(25)42-3/h4-5,8-15,17,24,30H,6-7,16,18-19H2,1-3H3,(H,32,40)(H,33,38)/t24-,30-/m1/s1. The van der Waals surface area contributed by atoms with Crippen molar-refractivity contribution in [3.05, 3.63) is 72.3 Å². The van der Waals surface area contributed by atoms with Gasteiger partial charge >= 0.3 is 0 Å². The molecule has 2 N–H and O–H groups in total. The summed E-state index contributed by atoms with van der Waals surface area (Å²) in [4.78, 5) is 41.5. The number of para-hydroxylation sites is 1. The van der Waals surface area contributed by atoms with Crippen molar-refractivity contribution in [2.24, 2.45) is 0 Å². The molecule has 1 aromatic heterocycles. The van der Waals surface area contributed by atoms with Crippen LogP contribution in [0.25, 0.3) is 11.0 Å². The Kier molecular flexibility index (Phi) is 9.16. The molecule has 12 nitrogen and oxygen atoms in total. The normalized spacial score (nSPS) is 15.1. The lowest BCUT2D eigenvalue weighted by atomic mass is 10.0. The Hall–Kier alpha value is -4.97. The summed E-state index contributed by atoms with van der Waals surface area (Å²) in [6, 6.07) is 18.0. The first kappa shape index (κ1) is 29.5. The molecule has 0 bridgehead atoms. The largest absolute Gasteiger partial charge is 0.497 e. The first-order valence-electron chi connectivity index (χ1n) is 14.0. The molecule has 224 valence electrons. The zero-order valence-electron chi connectivity index (χ0n) is 24.3. The fraction of sp³-hybridized carbons (Fsp3) is 0.323. The van der Waals surface area contributed by atoms with Gasteiger partial charge in [0.25, 0.3) is 0 Å². The molecule has 0 unspecified atom stereocenters. The van der Waals surface area contributed by atoms with Gasteiger partial charge in [-0.1, -0.05) is 17.3 Å². The number of carbonyl (C=O) groups excluding carboxylic acids is 3. The van der Waals surface area contributed by atoms with Crippen LogP contribution in [0.5, 0.6) is 11.5 Å². The van der Waals surface area contributed by atoms with Crippen LogP contribution < -0.4 is 25.0 Å². The van der Waals surface area contributed by atoms with Gasteiger partial charge in [0.2, 0.25) is 17.7 Å². The number of nitrogens with zero attached hydrogens (tertiary/aromatic N) is 4. The maximum absolute atomic E-state index is 14.3. The van der Waals surface area contributed by atoms with Crippen molar-refractivity contribution in [2.45, 2.75) is 38.5 Å². The van der Waals surface area contributed by atoms with E-state index in [-0.39, 0.29) is 18.6 Å². The quantitative estimate of drug-likeness (QED) is 0.273. The number of hydrogen-bond acceptors (Lipinski definition) is 8. The average Bonchev–Trinajstić information content (AvgIpc) is 3.69. The number of rotatable bonds is 11. The number of anilines is 2. The number of carbonyl (C=O) groups is 3. The Balaban J connectivity index is 1.59. The van der Waals surface area contributed by atoms with Crippen molar-refractivity contribution in [1.29, 1.82) is 0 Å². The van der Waals surface area contributed by atoms with Gasteiger partial charge in [0.1, 0.15) is 29.6 Å². The van der Waals surface area contributed by atoms with Crippen molar-refractivity contribution in [3.63, 3.8) is 0 Å². The molecule has 2 heterocycles. The number of amides is 3. The molecule has 12 heteroatoms. The van der Waals surface area contributed by atoms with E-state index in [1.807, 2.05) is 24.3 Å². The molecule has 1 aliphatic heterocycles. The third-order valence-corrected chi connectivity index (χ3v) is 7.21. The fourth-order valence-corrected chi connectivity index (χ4v) is 5.14. The lowest BCUT2D eigenvalue weighted by Gasteiger charge is -2.32. The Labute approximate surface area is 248 Å². The van der Waals surface area contributed by atoms with Gasteiger partial charge < -0.3 is 24.8 Å². The second-order valence-electron chi connectivity index (χ2n) is 10.1. The summed E-state index contributed by atoms with van der Waals surface area (Å²) in [5.74, 6) is -0.158. The van der Waals surface area contributed by atoms with Gasteiger partial charge in [-0.05, 0) is 61.4 Å². The number of benzene rings is 3. The molecule has 0 saturated carbocycles. The Morgan fingerprint density at radius 1 is 1.07 bits per heavy atom. The topological polar surface area (TPSA) is 137 Å². The van der Waals surface area contributed by atoms with E-state index in [4.69, 9.17) is 14.2 Å². The first-order chi connectivity index (χ1) is 20.9. The summed E-state index contributed by atoms with van der Waals surface area (Å²) in [5, 5.41) is 14.1. The second kappa shape index (κ2) is 13.3. The minimum absolute atomic E-state index is 0.107. The maximum Gasteiger partial charge on any atom is 0.249 e. The predicted molar refractivity (Wildman–Crippen MR) is 160 cm³/mol. The van der Waals surface area contributed by atoms with Crippen LogP contribution >= 0.6 is 0 Å². The molecule has 43 heavy (non-hydrogen) atoms. The second-order valence-corrected chi connectivity index (χ2v) is 10.1. The van der Waals surface area contributed by atoms with Crippen LogP contribution in [0.15, 0.2) is 66.7 Å². The Morgan fingerprint density at radius 3 is 2.56 bits per heavy atom. The number of nitrogens with one attached hydrogen (secondary N) is 2. The van der Waals surface area contributed by atoms with Gasteiger partial charge in [0, 0.05) is 43.1 Å². The van der Waals surface area contributed by atoms with Gasteiger partial charge in [0.15, 0.2) is 0 Å². The smallest absolute Gasteiger partial charge is 0.249 e. The van der Waals surface area contributed by atoms with E-state index >= 15 is 0 Å². The molecule has 3 amide bonds. The van der Waals surface area contributed by atoms with Crippen molar-refractivity contribution in [3.8, 4) is 11.5 Å². The molecular formula is C31H34N6O6. The number of hydrogen-bond donors (Lipinski definition) is 2. The maximum atomic E-state index is 14.3. The molecule has 0 spiro atoms. The predicted octanol–water partition coefficient (Wildman–Crippen LogP) is 3.48. The number of aromatic nitrogens is 3. The van der Waals surface area contributed by atoms with Crippen LogP contribution in [0.3, 0.4) is 0 Å². The van der Waals surface area contributed by atoms with Gasteiger partial charge in [0.05, 0.1) is 25.8 Å². The summed E-state index contributed by atoms with van der Waals surface area (Å²) in [7, 11) is 3.03. The first-order valence-corrected chi connectivity index (χ1v) is 14.0. The zero-order valence-corrected chi connectivity index (χ0v) is 24.3. The Bertz CT molecular complexity index is 1600. The van der Waals surface area contributed by atoms with Crippen molar-refractivity contribution < 1.29 is 28.6 Å². The third kappa shape index (κ3) is 6.75. The highest BCUT2D eigenvalue weighted by molar-refractivity contribution is 6.02. The van der Waals surface area contributed by atoms with Crippen LogP contribution in [0, 0.1) is 0 Å². The van der Waals surface area contributed by atoms with Crippen LogP contribution in [0.4, 0.5) is 11.4 Å². The van der Waals surface area contributed by atoms with Gasteiger partial charge in [-0.15, -0.1) is 5.10 Å². The van der Waals surface area contributed by atoms with Crippen molar-refractivity contribution in [2.75, 3.05) is 37.6 Å². The minimum Gasteiger partial charge on any atom is -0.497 e. The van der Waals surface area contributed by atoms with E-state index in [2.05, 4.69) is 20.9 Å². The van der Waals surface area contributed by atoms with E-state index in [1.165, 1.54) is 30.7 Å². The summed E-state index contributed by atoms with van der Waals surface area (Å²) >= 11 is 0. The van der Waals surface area contributed by atoms with Crippen LogP contribution in [-0.2, 0) is 25.7 Å². The molecule has 0 radical (unpaired) electrons. The minimum atomic E-state index is -1.14. The van der Waals surface area contributed by atoms with Crippen molar-refractivity contribution in [1.82, 2.24) is 20.3 Å². The average molecular weight is 587 g/mol. The molecule has 2 atom stereocenters. The lowest BCUT2D eigenvalue weighted by molar-refractivity contribution is -0.127. The van der Waals surface area contributed by atoms with Gasteiger partial charge in [-0.3, -0.25) is 19.3 Å². The molecule has 3 aromatic carbocycles. The summed E-state index contributed by atoms with van der Waals surface area (Å²) in [6.45, 7) is 2.16. The van der Waals surface area contributed by atoms with E-state index in [9.17, 15) is 14.4 Å². The van der Waals surface area contributed by atoms with E-state index < -0.39 is 17.9 Å². The van der Waals surface area contributed by atoms with Gasteiger partial charge in [-0.2, -0.15) is 0 Å². The highest BCUT2D eigenvalue weighted by Crippen LogP contribution is 2.36. The molecule has 1 aliphatic rings. The monoisotopic (exact) mass is 586 g/mol. The van der Waals surface area contributed by atoms with Crippen molar-refractivity contribution >= 4 is 40.1 Å². The summed E-state index contributed by atoms with van der Waals surface area (Å²) < 4.78 is 18.3. The van der Waals surface area contributed by atoms with Crippen LogP contribution in [0.2, 0.25) is 0 Å². The SMILES string of the molecule is COc1ccc([C@H](C(=O)NC[C@H]2CCCO2)N(C(=O)Cn2nnc3ccccc32)c2ccc(NC(C)=O)cc2)c(OC)c1. The highest BCUT2D eigenvalue weighted by atomic mass is 16.5. The zero-order chi connectivity index (χ0) is 30.3. The van der Waals surface area contributed by atoms with Crippen LogP contribution in [-0.4, -0.2) is 66.2 Å². The number of fused-ring (bicyclic) bond motifs is 1. The van der Waals surface area contributed by atoms with E-state index in [0.717, 1.165) is 12.8 Å². The molecule has 1 saturated heterocycles. The van der Waals surface area contributed by atoms with Gasteiger partial charge in [-0.25, -0.2) is 4.68 Å². The number of ether oxygens (including phenoxy) is 3.